The molecule has 3 aromatic carbocycles. The minimum absolute atomic E-state index is 0.203. The molecule has 34 heavy (non-hydrogen) atoms. The molecule has 5 aromatic rings. The van der Waals surface area contributed by atoms with Gasteiger partial charge >= 0.3 is 0 Å². The molecule has 1 N–H and O–H groups in total. The van der Waals surface area contributed by atoms with Crippen LogP contribution >= 0.6 is 0 Å². The monoisotopic (exact) mass is 468 g/mol. The summed E-state index contributed by atoms with van der Waals surface area (Å²) in [4.78, 5) is 13.6. The molecule has 0 aliphatic rings. The number of aryl methyl sites for hydroxylation is 1. The summed E-state index contributed by atoms with van der Waals surface area (Å²) in [6, 6.07) is 24.6. The Kier molecular flexibility index (Phi) is 5.65. The molecule has 5 rings (SSSR count). The highest BCUT2D eigenvalue weighted by Gasteiger charge is 2.15. The molecule has 2 heterocycles. The van der Waals surface area contributed by atoms with Crippen molar-refractivity contribution >= 4 is 26.6 Å². The van der Waals surface area contributed by atoms with Crippen LogP contribution in [0.15, 0.2) is 102 Å². The summed E-state index contributed by atoms with van der Waals surface area (Å²) in [6.07, 6.45) is 3.39. The van der Waals surface area contributed by atoms with Crippen molar-refractivity contribution in [2.45, 2.75) is 11.8 Å². The maximum absolute atomic E-state index is 12.6. The van der Waals surface area contributed by atoms with Crippen LogP contribution in [0.25, 0.3) is 22.3 Å². The van der Waals surface area contributed by atoms with E-state index in [-0.39, 0.29) is 4.90 Å². The van der Waals surface area contributed by atoms with Crippen LogP contribution in [-0.2, 0) is 10.0 Å². The van der Waals surface area contributed by atoms with Gasteiger partial charge in [-0.2, -0.15) is 4.98 Å². The second kappa shape index (κ2) is 8.92. The third-order valence-electron chi connectivity index (χ3n) is 5.14. The van der Waals surface area contributed by atoms with E-state index in [9.17, 15) is 8.42 Å². The molecule has 0 fully saturated rings. The number of nitrogens with one attached hydrogen (secondary N) is 1. The van der Waals surface area contributed by atoms with Crippen molar-refractivity contribution < 1.29 is 13.2 Å². The Morgan fingerprint density at radius 3 is 2.32 bits per heavy atom. The summed E-state index contributed by atoms with van der Waals surface area (Å²) in [5, 5.41) is 0.763. The van der Waals surface area contributed by atoms with Gasteiger partial charge in [0.25, 0.3) is 10.0 Å². The molecule has 0 aliphatic carbocycles. The van der Waals surface area contributed by atoms with Crippen LogP contribution in [0.4, 0.5) is 5.69 Å². The summed E-state index contributed by atoms with van der Waals surface area (Å²) < 4.78 is 34.0. The van der Waals surface area contributed by atoms with Crippen molar-refractivity contribution in [3.63, 3.8) is 0 Å². The average Bonchev–Trinajstić information content (AvgIpc) is 2.86. The zero-order valence-electron chi connectivity index (χ0n) is 18.2. The Bertz CT molecular complexity index is 1550. The first-order chi connectivity index (χ1) is 16.5. The highest BCUT2D eigenvalue weighted by molar-refractivity contribution is 7.92. The van der Waals surface area contributed by atoms with E-state index in [2.05, 4.69) is 19.7 Å². The Morgan fingerprint density at radius 2 is 1.59 bits per heavy atom. The minimum atomic E-state index is -3.68. The second-order valence-electron chi connectivity index (χ2n) is 7.66. The summed E-state index contributed by atoms with van der Waals surface area (Å²) in [5.41, 5.74) is 2.94. The molecular formula is C26H20N4O3S. The highest BCUT2D eigenvalue weighted by atomic mass is 32.2. The number of pyridine rings is 1. The topological polar surface area (TPSA) is 94.1 Å². The number of rotatable bonds is 6. The van der Waals surface area contributed by atoms with Gasteiger partial charge in [-0.05, 0) is 67.6 Å². The van der Waals surface area contributed by atoms with E-state index in [1.807, 2.05) is 43.3 Å². The maximum atomic E-state index is 12.6. The molecule has 0 saturated heterocycles. The number of hydrogen-bond donors (Lipinski definition) is 1. The van der Waals surface area contributed by atoms with Crippen molar-refractivity contribution in [1.82, 2.24) is 15.0 Å². The minimum Gasteiger partial charge on any atom is -0.438 e. The maximum Gasteiger partial charge on any atom is 0.261 e. The SMILES string of the molecule is Cc1ccc(S(=O)(=O)Nc2ccc(Oc3nc(-c4cccnc4)nc4ccccc34)cc2)cc1. The first-order valence-electron chi connectivity index (χ1n) is 10.5. The van der Waals surface area contributed by atoms with Gasteiger partial charge in [-0.3, -0.25) is 9.71 Å². The number of sulfonamides is 1. The number of hydrogen-bond acceptors (Lipinski definition) is 6. The van der Waals surface area contributed by atoms with E-state index in [1.54, 1.807) is 60.9 Å². The number of benzene rings is 3. The number of para-hydroxylation sites is 1. The summed E-state index contributed by atoms with van der Waals surface area (Å²) >= 11 is 0. The van der Waals surface area contributed by atoms with E-state index in [1.165, 1.54) is 0 Å². The number of ether oxygens (including phenoxy) is 1. The van der Waals surface area contributed by atoms with Crippen LogP contribution in [-0.4, -0.2) is 23.4 Å². The van der Waals surface area contributed by atoms with Gasteiger partial charge in [-0.1, -0.05) is 29.8 Å². The van der Waals surface area contributed by atoms with Crippen LogP contribution in [0.3, 0.4) is 0 Å². The second-order valence-corrected chi connectivity index (χ2v) is 9.34. The quantitative estimate of drug-likeness (QED) is 0.349. The highest BCUT2D eigenvalue weighted by Crippen LogP contribution is 2.30. The van der Waals surface area contributed by atoms with Gasteiger partial charge in [-0.25, -0.2) is 13.4 Å². The molecule has 2 aromatic heterocycles. The largest absolute Gasteiger partial charge is 0.438 e. The molecule has 0 atom stereocenters. The molecular weight excluding hydrogens is 448 g/mol. The first kappa shape index (κ1) is 21.5. The normalized spacial score (nSPS) is 11.3. The summed E-state index contributed by atoms with van der Waals surface area (Å²) in [7, 11) is -3.68. The van der Waals surface area contributed by atoms with E-state index in [0.29, 0.717) is 23.1 Å². The molecule has 168 valence electrons. The third-order valence-corrected chi connectivity index (χ3v) is 6.54. The van der Waals surface area contributed by atoms with Crippen molar-refractivity contribution in [1.29, 1.82) is 0 Å². The molecule has 0 unspecified atom stereocenters. The molecule has 0 aliphatic heterocycles. The fraction of sp³-hybridized carbons (Fsp3) is 0.0385. The Labute approximate surface area is 197 Å². The predicted molar refractivity (Wildman–Crippen MR) is 131 cm³/mol. The summed E-state index contributed by atoms with van der Waals surface area (Å²) in [6.45, 7) is 1.91. The zero-order chi connectivity index (χ0) is 23.5. The lowest BCUT2D eigenvalue weighted by atomic mass is 10.2. The van der Waals surface area contributed by atoms with Crippen LogP contribution < -0.4 is 9.46 Å². The van der Waals surface area contributed by atoms with Crippen molar-refractivity contribution in [2.24, 2.45) is 0 Å². The van der Waals surface area contributed by atoms with Gasteiger partial charge in [0.2, 0.25) is 5.88 Å². The lowest BCUT2D eigenvalue weighted by molar-refractivity contribution is 0.469. The van der Waals surface area contributed by atoms with Gasteiger partial charge in [0, 0.05) is 23.6 Å². The van der Waals surface area contributed by atoms with Gasteiger partial charge in [0.1, 0.15) is 5.75 Å². The summed E-state index contributed by atoms with van der Waals surface area (Å²) in [5.74, 6) is 1.42. The fourth-order valence-corrected chi connectivity index (χ4v) is 4.44. The van der Waals surface area contributed by atoms with Crippen LogP contribution in [0, 0.1) is 6.92 Å². The fourth-order valence-electron chi connectivity index (χ4n) is 3.38. The molecule has 0 bridgehead atoms. The predicted octanol–water partition coefficient (Wildman–Crippen LogP) is 5.59. The van der Waals surface area contributed by atoms with Gasteiger partial charge < -0.3 is 4.74 Å². The smallest absolute Gasteiger partial charge is 0.261 e. The van der Waals surface area contributed by atoms with Gasteiger partial charge in [0.05, 0.1) is 15.8 Å². The standard InChI is InChI=1S/C26H20N4O3S/c1-18-8-14-22(15-9-18)34(31,32)30-20-10-12-21(13-11-20)33-26-23-6-2-3-7-24(23)28-25(29-26)19-5-4-16-27-17-19/h2-17,30H,1H3. The Morgan fingerprint density at radius 1 is 0.824 bits per heavy atom. The van der Waals surface area contributed by atoms with E-state index >= 15 is 0 Å². The Balaban J connectivity index is 1.42. The molecule has 0 spiro atoms. The van der Waals surface area contributed by atoms with Crippen LogP contribution in [0.1, 0.15) is 5.56 Å². The van der Waals surface area contributed by atoms with Crippen molar-refractivity contribution in [3.8, 4) is 23.0 Å². The molecule has 8 heteroatoms. The third kappa shape index (κ3) is 4.57. The van der Waals surface area contributed by atoms with Crippen LogP contribution in [0.2, 0.25) is 0 Å². The molecule has 0 radical (unpaired) electrons. The molecule has 0 amide bonds. The number of fused-ring (bicyclic) bond motifs is 1. The van der Waals surface area contributed by atoms with Gasteiger partial charge in [-0.15, -0.1) is 0 Å². The Hall–Kier alpha value is -4.30. The lowest BCUT2D eigenvalue weighted by Crippen LogP contribution is -2.12. The van der Waals surface area contributed by atoms with Crippen molar-refractivity contribution in [3.05, 3.63) is 103 Å². The van der Waals surface area contributed by atoms with E-state index < -0.39 is 10.0 Å². The zero-order valence-corrected chi connectivity index (χ0v) is 19.0. The van der Waals surface area contributed by atoms with Crippen LogP contribution in [0.5, 0.6) is 11.6 Å². The first-order valence-corrected chi connectivity index (χ1v) is 12.0. The van der Waals surface area contributed by atoms with Gasteiger partial charge in [0.15, 0.2) is 5.82 Å². The number of nitrogens with zero attached hydrogens (tertiary/aromatic N) is 3. The number of anilines is 1. The van der Waals surface area contributed by atoms with E-state index in [4.69, 9.17) is 4.74 Å². The molecule has 7 nitrogen and oxygen atoms in total. The number of aromatic nitrogens is 3. The molecule has 0 saturated carbocycles. The van der Waals surface area contributed by atoms with Crippen molar-refractivity contribution in [2.75, 3.05) is 4.72 Å². The average molecular weight is 469 g/mol. The lowest BCUT2D eigenvalue weighted by Gasteiger charge is -2.11. The van der Waals surface area contributed by atoms with E-state index in [0.717, 1.165) is 22.0 Å².